The number of allylic oxidation sites excluding steroid dienone is 2. The maximum Gasteiger partial charge on any atom is 0.350 e. The lowest BCUT2D eigenvalue weighted by molar-refractivity contribution is -0.583. The molecule has 6 heteroatoms. The summed E-state index contributed by atoms with van der Waals surface area (Å²) in [5, 5.41) is 6.42. The third-order valence-electron chi connectivity index (χ3n) is 3.99. The smallest absolute Gasteiger partial charge is 0.299 e. The fourth-order valence-electron chi connectivity index (χ4n) is 2.86. The van der Waals surface area contributed by atoms with Crippen LogP contribution in [-0.2, 0) is 0 Å². The number of Topliss-reactive ketones (excluding diaryl/α,β-unsaturated/α-hetero) is 1. The predicted octanol–water partition coefficient (Wildman–Crippen LogP) is 1.78. The van der Waals surface area contributed by atoms with Gasteiger partial charge >= 0.3 is 5.65 Å². The van der Waals surface area contributed by atoms with E-state index in [-0.39, 0.29) is 5.78 Å². The second-order valence-electron chi connectivity index (χ2n) is 5.65. The second kappa shape index (κ2) is 5.42. The summed E-state index contributed by atoms with van der Waals surface area (Å²) in [7, 11) is 1.86. The maximum atomic E-state index is 13.0. The van der Waals surface area contributed by atoms with Crippen molar-refractivity contribution < 1.29 is 9.31 Å². The van der Waals surface area contributed by atoms with Crippen LogP contribution >= 0.6 is 0 Å². The highest BCUT2D eigenvalue weighted by molar-refractivity contribution is 6.30. The number of aromatic nitrogens is 3. The monoisotopic (exact) mass is 318 g/mol. The number of carbonyl (C=O) groups is 1. The van der Waals surface area contributed by atoms with E-state index >= 15 is 0 Å². The zero-order valence-corrected chi connectivity index (χ0v) is 13.4. The Balaban J connectivity index is 1.94. The van der Waals surface area contributed by atoms with Crippen molar-refractivity contribution in [3.63, 3.8) is 0 Å². The summed E-state index contributed by atoms with van der Waals surface area (Å²) in [5.41, 5.74) is 6.40. The standard InChI is InChI=1S/C18H15N5O/c1-12-15(17(24)13-8-4-3-5-9-13)16-18(22(2)20-12)19-14-10-6-7-11-23(14)21-16/h3-11H,1-2H3/p+1. The van der Waals surface area contributed by atoms with Gasteiger partial charge in [-0.05, 0) is 18.0 Å². The molecule has 0 saturated heterocycles. The molecule has 0 fully saturated rings. The molecule has 4 rings (SSSR count). The highest BCUT2D eigenvalue weighted by Gasteiger charge is 2.33. The lowest BCUT2D eigenvalue weighted by Gasteiger charge is -2.26. The molecule has 1 aromatic carbocycles. The van der Waals surface area contributed by atoms with Crippen molar-refractivity contribution in [3.05, 3.63) is 71.7 Å². The van der Waals surface area contributed by atoms with Crippen molar-refractivity contribution in [1.29, 1.82) is 0 Å². The third-order valence-corrected chi connectivity index (χ3v) is 3.99. The fraction of sp³-hybridized carbons (Fsp3) is 0.111. The number of pyridine rings is 1. The fourth-order valence-corrected chi connectivity index (χ4v) is 2.86. The summed E-state index contributed by atoms with van der Waals surface area (Å²) in [6.45, 7) is 1.87. The van der Waals surface area contributed by atoms with Gasteiger partial charge in [-0.1, -0.05) is 41.5 Å². The Morgan fingerprint density at radius 2 is 1.88 bits per heavy atom. The van der Waals surface area contributed by atoms with E-state index in [1.54, 1.807) is 9.52 Å². The van der Waals surface area contributed by atoms with E-state index in [0.717, 1.165) is 11.3 Å². The largest absolute Gasteiger partial charge is 0.350 e. The average Bonchev–Trinajstić information content (AvgIpc) is 2.61. The molecule has 3 heterocycles. The summed E-state index contributed by atoms with van der Waals surface area (Å²) < 4.78 is 1.68. The van der Waals surface area contributed by atoms with Gasteiger partial charge in [0.25, 0.3) is 5.82 Å². The van der Waals surface area contributed by atoms with Crippen molar-refractivity contribution >= 4 is 22.8 Å². The number of nitrogens with one attached hydrogen (secondary N) is 1. The van der Waals surface area contributed by atoms with E-state index < -0.39 is 0 Å². The van der Waals surface area contributed by atoms with E-state index in [2.05, 4.69) is 15.5 Å². The number of hydrogen-bond acceptors (Lipinski definition) is 5. The van der Waals surface area contributed by atoms with E-state index in [4.69, 9.17) is 0 Å². The first-order valence-electron chi connectivity index (χ1n) is 7.65. The first-order chi connectivity index (χ1) is 11.6. The first kappa shape index (κ1) is 14.3. The van der Waals surface area contributed by atoms with Gasteiger partial charge in [-0.2, -0.15) is 0 Å². The van der Waals surface area contributed by atoms with Crippen LogP contribution in [-0.4, -0.2) is 22.9 Å². The highest BCUT2D eigenvalue weighted by atomic mass is 16.1. The number of benzene rings is 1. The molecule has 0 radical (unpaired) electrons. The summed E-state index contributed by atoms with van der Waals surface area (Å²) in [4.78, 5) is 17.7. The van der Waals surface area contributed by atoms with Gasteiger partial charge in [-0.15, -0.1) is 4.52 Å². The van der Waals surface area contributed by atoms with Crippen LogP contribution in [0, 0.1) is 0 Å². The van der Waals surface area contributed by atoms with Crippen molar-refractivity contribution in [2.75, 3.05) is 12.1 Å². The minimum absolute atomic E-state index is 0.0693. The molecule has 1 aliphatic rings. The van der Waals surface area contributed by atoms with Gasteiger partial charge < -0.3 is 0 Å². The van der Waals surface area contributed by atoms with Crippen LogP contribution in [0.3, 0.4) is 0 Å². The molecule has 0 saturated carbocycles. The SMILES string of the molecule is CC1=C(C(=O)c2ccccc2)c2n[n+]3ccccc3nc2N(C)N1. The number of ketones is 1. The third kappa shape index (κ3) is 2.20. The molecule has 0 spiro atoms. The molecule has 1 N–H and O–H groups in total. The molecule has 1 aliphatic heterocycles. The van der Waals surface area contributed by atoms with E-state index in [1.165, 1.54) is 0 Å². The van der Waals surface area contributed by atoms with Gasteiger partial charge in [-0.3, -0.25) is 15.2 Å². The molecule has 0 bridgehead atoms. The lowest BCUT2D eigenvalue weighted by Crippen LogP contribution is -2.42. The quantitative estimate of drug-likeness (QED) is 0.576. The van der Waals surface area contributed by atoms with E-state index in [0.29, 0.717) is 22.6 Å². The van der Waals surface area contributed by atoms with E-state index in [9.17, 15) is 4.79 Å². The second-order valence-corrected chi connectivity index (χ2v) is 5.65. The minimum Gasteiger partial charge on any atom is -0.299 e. The molecule has 0 aliphatic carbocycles. The average molecular weight is 318 g/mol. The van der Waals surface area contributed by atoms with Crippen molar-refractivity contribution in [3.8, 4) is 0 Å². The maximum absolute atomic E-state index is 13.0. The molecular weight excluding hydrogens is 302 g/mol. The zero-order valence-electron chi connectivity index (χ0n) is 13.4. The molecule has 0 unspecified atom stereocenters. The molecule has 3 aromatic rings. The molecule has 24 heavy (non-hydrogen) atoms. The number of hydrazine groups is 1. The summed E-state index contributed by atoms with van der Waals surface area (Å²) >= 11 is 0. The zero-order chi connectivity index (χ0) is 16.7. The number of carbonyl (C=O) groups excluding carboxylic acids is 1. The van der Waals surface area contributed by atoms with Crippen LogP contribution in [0.4, 0.5) is 5.82 Å². The number of hydrogen-bond donors (Lipinski definition) is 1. The molecule has 118 valence electrons. The van der Waals surface area contributed by atoms with Gasteiger partial charge in [-0.25, -0.2) is 0 Å². The topological polar surface area (TPSA) is 62.2 Å². The van der Waals surface area contributed by atoms with Gasteiger partial charge in [0.05, 0.1) is 5.57 Å². The van der Waals surface area contributed by atoms with Gasteiger partial charge in [0.2, 0.25) is 0 Å². The minimum atomic E-state index is -0.0693. The highest BCUT2D eigenvalue weighted by Crippen LogP contribution is 2.30. The van der Waals surface area contributed by atoms with Crippen LogP contribution in [0.5, 0.6) is 0 Å². The summed E-state index contributed by atoms with van der Waals surface area (Å²) in [6, 6.07) is 14.9. The first-order valence-corrected chi connectivity index (χ1v) is 7.65. The van der Waals surface area contributed by atoms with Gasteiger partial charge in [0.15, 0.2) is 11.5 Å². The Bertz CT molecular complexity index is 981. The molecular formula is C18H16N5O+. The molecule has 0 atom stereocenters. The summed E-state index contributed by atoms with van der Waals surface area (Å²) in [6.07, 6.45) is 1.82. The van der Waals surface area contributed by atoms with Crippen LogP contribution in [0.1, 0.15) is 23.0 Å². The Hall–Kier alpha value is -3.28. The molecule has 6 nitrogen and oxygen atoms in total. The van der Waals surface area contributed by atoms with Crippen LogP contribution in [0.15, 0.2) is 60.4 Å². The van der Waals surface area contributed by atoms with Crippen molar-refractivity contribution in [2.24, 2.45) is 0 Å². The van der Waals surface area contributed by atoms with Crippen LogP contribution in [0.2, 0.25) is 0 Å². The van der Waals surface area contributed by atoms with Gasteiger partial charge in [0.1, 0.15) is 6.20 Å². The Morgan fingerprint density at radius 3 is 2.67 bits per heavy atom. The number of fused-ring (bicyclic) bond motifs is 2. The predicted molar refractivity (Wildman–Crippen MR) is 90.1 cm³/mol. The number of rotatable bonds is 2. The van der Waals surface area contributed by atoms with Crippen LogP contribution in [0.25, 0.3) is 11.2 Å². The number of nitrogens with zero attached hydrogens (tertiary/aromatic N) is 4. The summed E-state index contributed by atoms with van der Waals surface area (Å²) in [5.74, 6) is 0.561. The van der Waals surface area contributed by atoms with Gasteiger partial charge in [0, 0.05) is 24.4 Å². The molecule has 2 aromatic heterocycles. The van der Waals surface area contributed by atoms with Crippen LogP contribution < -0.4 is 15.0 Å². The Morgan fingerprint density at radius 1 is 1.12 bits per heavy atom. The molecule has 0 amide bonds. The number of anilines is 1. The Kier molecular flexibility index (Phi) is 3.23. The van der Waals surface area contributed by atoms with E-state index in [1.807, 2.05) is 68.7 Å². The van der Waals surface area contributed by atoms with Crippen molar-refractivity contribution in [2.45, 2.75) is 6.92 Å². The lowest BCUT2D eigenvalue weighted by atomic mass is 9.98. The normalized spacial score (nSPS) is 13.7. The van der Waals surface area contributed by atoms with Crippen molar-refractivity contribution in [1.82, 2.24) is 15.5 Å². The Labute approximate surface area is 139 Å².